The lowest BCUT2D eigenvalue weighted by Gasteiger charge is -2.34. The Morgan fingerprint density at radius 3 is 2.95 bits per heavy atom. The maximum atomic E-state index is 12.4. The fraction of sp³-hybridized carbons (Fsp3) is 0.333. The number of hydrogen-bond acceptors (Lipinski definition) is 2. The summed E-state index contributed by atoms with van der Waals surface area (Å²) < 4.78 is 1.05. The van der Waals surface area contributed by atoms with Crippen LogP contribution in [0.1, 0.15) is 24.2 Å². The van der Waals surface area contributed by atoms with Crippen molar-refractivity contribution in [1.29, 1.82) is 0 Å². The minimum atomic E-state index is -0.160. The third kappa shape index (κ3) is 1.66. The normalized spacial score (nSPS) is 24.7. The lowest BCUT2D eigenvalue weighted by molar-refractivity contribution is -0.127. The molecule has 2 atom stereocenters. The molecule has 2 aromatic rings. The van der Waals surface area contributed by atoms with E-state index in [1.165, 1.54) is 16.6 Å². The molecule has 0 bridgehead atoms. The highest BCUT2D eigenvalue weighted by molar-refractivity contribution is 9.10. The smallest absolute Gasteiger partial charge is 0.251 e. The molecule has 108 valence electrons. The monoisotopic (exact) mass is 363 g/mol. The summed E-state index contributed by atoms with van der Waals surface area (Å²) >= 11 is 8.94. The molecule has 1 amide bonds. The van der Waals surface area contributed by atoms with Crippen molar-refractivity contribution in [1.82, 2.24) is 14.8 Å². The first-order valence-corrected chi connectivity index (χ1v) is 8.09. The van der Waals surface area contributed by atoms with E-state index < -0.39 is 0 Å². The predicted octanol–water partition coefficient (Wildman–Crippen LogP) is 2.98. The van der Waals surface area contributed by atoms with Crippen molar-refractivity contribution in [2.24, 2.45) is 0 Å². The molecule has 0 spiro atoms. The van der Waals surface area contributed by atoms with Crippen LogP contribution in [0, 0.1) is 0 Å². The number of thiocarbonyl (C=S) groups is 1. The first kappa shape index (κ1) is 13.3. The largest absolute Gasteiger partial charge is 0.356 e. The fourth-order valence-electron chi connectivity index (χ4n) is 3.52. The zero-order valence-electron chi connectivity index (χ0n) is 11.7. The van der Waals surface area contributed by atoms with Crippen molar-refractivity contribution >= 4 is 50.1 Å². The van der Waals surface area contributed by atoms with Gasteiger partial charge in [-0.05, 0) is 36.8 Å². The van der Waals surface area contributed by atoms with Gasteiger partial charge in [0.2, 0.25) is 0 Å². The molecule has 0 radical (unpaired) electrons. The third-order valence-corrected chi connectivity index (χ3v) is 5.57. The van der Waals surface area contributed by atoms with E-state index in [4.69, 9.17) is 12.2 Å². The lowest BCUT2D eigenvalue weighted by Crippen LogP contribution is -2.42. The summed E-state index contributed by atoms with van der Waals surface area (Å²) in [5.74, 6) is 0.101. The van der Waals surface area contributed by atoms with Crippen LogP contribution in [0.15, 0.2) is 22.7 Å². The summed E-state index contributed by atoms with van der Waals surface area (Å²) in [6.45, 7) is 2.11. The molecule has 4 rings (SSSR count). The van der Waals surface area contributed by atoms with E-state index in [0.29, 0.717) is 11.5 Å². The average molecular weight is 364 g/mol. The molecule has 1 fully saturated rings. The molecule has 6 heteroatoms. The molecule has 21 heavy (non-hydrogen) atoms. The van der Waals surface area contributed by atoms with E-state index >= 15 is 0 Å². The molecular weight excluding hydrogens is 350 g/mol. The van der Waals surface area contributed by atoms with Crippen LogP contribution in [0.25, 0.3) is 10.9 Å². The summed E-state index contributed by atoms with van der Waals surface area (Å²) in [5.41, 5.74) is 3.52. The molecule has 0 aliphatic carbocycles. The van der Waals surface area contributed by atoms with Crippen molar-refractivity contribution in [3.63, 3.8) is 0 Å². The van der Waals surface area contributed by atoms with Gasteiger partial charge in [0.25, 0.3) is 5.91 Å². The summed E-state index contributed by atoms with van der Waals surface area (Å²) in [7, 11) is 1.76. The molecule has 2 aliphatic heterocycles. The number of likely N-dealkylation sites (N-methyl/N-ethyl adjacent to an activating group) is 1. The van der Waals surface area contributed by atoms with E-state index in [2.05, 4.69) is 44.9 Å². The van der Waals surface area contributed by atoms with Gasteiger partial charge in [0.15, 0.2) is 5.11 Å². The Morgan fingerprint density at radius 2 is 2.19 bits per heavy atom. The number of amides is 1. The van der Waals surface area contributed by atoms with Crippen molar-refractivity contribution < 1.29 is 4.79 Å². The van der Waals surface area contributed by atoms with Gasteiger partial charge in [0.1, 0.15) is 6.04 Å². The molecule has 3 heterocycles. The highest BCUT2D eigenvalue weighted by atomic mass is 79.9. The number of benzene rings is 1. The maximum absolute atomic E-state index is 12.4. The average Bonchev–Trinajstić information content (AvgIpc) is 2.91. The lowest BCUT2D eigenvalue weighted by atomic mass is 9.93. The van der Waals surface area contributed by atoms with Gasteiger partial charge in [-0.1, -0.05) is 22.0 Å². The maximum Gasteiger partial charge on any atom is 0.251 e. The molecule has 2 aliphatic rings. The summed E-state index contributed by atoms with van der Waals surface area (Å²) in [6, 6.07) is 6.16. The van der Waals surface area contributed by atoms with E-state index in [0.717, 1.165) is 9.99 Å². The Labute approximate surface area is 136 Å². The Hall–Kier alpha value is -1.40. The third-order valence-electron chi connectivity index (χ3n) is 4.59. The van der Waals surface area contributed by atoms with Crippen molar-refractivity contribution in [3.05, 3.63) is 33.9 Å². The van der Waals surface area contributed by atoms with E-state index in [1.807, 2.05) is 6.07 Å². The van der Waals surface area contributed by atoms with Crippen molar-refractivity contribution in [3.8, 4) is 0 Å². The van der Waals surface area contributed by atoms with Crippen molar-refractivity contribution in [2.75, 3.05) is 7.05 Å². The zero-order valence-corrected chi connectivity index (χ0v) is 14.1. The van der Waals surface area contributed by atoms with Crippen LogP contribution < -0.4 is 0 Å². The zero-order chi connectivity index (χ0) is 14.9. The minimum Gasteiger partial charge on any atom is -0.356 e. The number of nitrogens with one attached hydrogen (secondary N) is 1. The van der Waals surface area contributed by atoms with Gasteiger partial charge in [-0.3, -0.25) is 9.69 Å². The topological polar surface area (TPSA) is 39.3 Å². The first-order chi connectivity index (χ1) is 9.99. The number of hydrogen-bond donors (Lipinski definition) is 1. The second-order valence-corrected chi connectivity index (χ2v) is 6.97. The Morgan fingerprint density at radius 1 is 1.43 bits per heavy atom. The Kier molecular flexibility index (Phi) is 2.72. The molecule has 1 N–H and O–H groups in total. The quantitative estimate of drug-likeness (QED) is 0.731. The van der Waals surface area contributed by atoms with Crippen LogP contribution in [0.2, 0.25) is 0 Å². The molecule has 0 unspecified atom stereocenters. The highest BCUT2D eigenvalue weighted by Gasteiger charge is 2.47. The first-order valence-electron chi connectivity index (χ1n) is 6.89. The number of fused-ring (bicyclic) bond motifs is 4. The number of aromatic amines is 1. The summed E-state index contributed by atoms with van der Waals surface area (Å²) in [4.78, 5) is 19.6. The van der Waals surface area contributed by atoms with Gasteiger partial charge >= 0.3 is 0 Å². The van der Waals surface area contributed by atoms with Crippen LogP contribution in [-0.4, -0.2) is 38.9 Å². The minimum absolute atomic E-state index is 0.0892. The van der Waals surface area contributed by atoms with Crippen LogP contribution in [0.5, 0.6) is 0 Å². The summed E-state index contributed by atoms with van der Waals surface area (Å²) in [6.07, 6.45) is 0.713. The number of carbonyl (C=O) groups is 1. The van der Waals surface area contributed by atoms with Crippen LogP contribution in [0.4, 0.5) is 0 Å². The molecule has 1 aromatic carbocycles. The van der Waals surface area contributed by atoms with Gasteiger partial charge in [0.05, 0.1) is 6.04 Å². The van der Waals surface area contributed by atoms with Crippen LogP contribution >= 0.6 is 28.1 Å². The number of aromatic nitrogens is 1. The SMILES string of the molecule is C[C@H]1c2[nH]c3cc(Br)ccc3c2C[C@@H]2C(=O)N(C)C(=S)N21. The Bertz CT molecular complexity index is 800. The van der Waals surface area contributed by atoms with Gasteiger partial charge in [-0.2, -0.15) is 0 Å². The molecule has 1 saturated heterocycles. The number of nitrogens with zero attached hydrogens (tertiary/aromatic N) is 2. The second-order valence-electron chi connectivity index (χ2n) is 5.69. The standard InChI is InChI=1S/C15H14BrN3OS/c1-7-13-10(9-4-3-8(16)5-11(9)17-13)6-12-14(20)18(2)15(21)19(7)12/h3-5,7,12,17H,6H2,1-2H3/t7-,12+/m0/s1. The molecular formula is C15H14BrN3OS. The van der Waals surface area contributed by atoms with Crippen molar-refractivity contribution in [2.45, 2.75) is 25.4 Å². The fourth-order valence-corrected chi connectivity index (χ4v) is 4.26. The number of H-pyrrole nitrogens is 1. The van der Waals surface area contributed by atoms with E-state index in [1.54, 1.807) is 11.9 Å². The predicted molar refractivity (Wildman–Crippen MR) is 89.1 cm³/mol. The van der Waals surface area contributed by atoms with Gasteiger partial charge in [0, 0.05) is 34.5 Å². The number of rotatable bonds is 0. The van der Waals surface area contributed by atoms with E-state index in [9.17, 15) is 4.79 Å². The van der Waals surface area contributed by atoms with Gasteiger partial charge in [-0.15, -0.1) is 0 Å². The van der Waals surface area contributed by atoms with Gasteiger partial charge in [-0.25, -0.2) is 0 Å². The van der Waals surface area contributed by atoms with E-state index in [-0.39, 0.29) is 18.0 Å². The second kappa shape index (κ2) is 4.30. The molecule has 0 saturated carbocycles. The number of carbonyl (C=O) groups excluding carboxylic acids is 1. The summed E-state index contributed by atoms with van der Waals surface area (Å²) in [5, 5.41) is 1.83. The van der Waals surface area contributed by atoms with Gasteiger partial charge < -0.3 is 9.88 Å². The van der Waals surface area contributed by atoms with Crippen LogP contribution in [0.3, 0.4) is 0 Å². The molecule has 1 aromatic heterocycles. The Balaban J connectivity index is 1.91. The number of halogens is 1. The highest BCUT2D eigenvalue weighted by Crippen LogP contribution is 2.40. The van der Waals surface area contributed by atoms with Crippen LogP contribution in [-0.2, 0) is 11.2 Å². The molecule has 4 nitrogen and oxygen atoms in total.